The van der Waals surface area contributed by atoms with Gasteiger partial charge in [0.25, 0.3) is 0 Å². The van der Waals surface area contributed by atoms with Gasteiger partial charge in [0.15, 0.2) is 0 Å². The van der Waals surface area contributed by atoms with Crippen molar-refractivity contribution >= 4 is 12.0 Å². The monoisotopic (exact) mass is 283 g/mol. The molecule has 0 aromatic carbocycles. The highest BCUT2D eigenvalue weighted by molar-refractivity contribution is 5.75. The van der Waals surface area contributed by atoms with Crippen LogP contribution in [0.15, 0.2) is 0 Å². The normalized spacial score (nSPS) is 28.5. The lowest BCUT2D eigenvalue weighted by Gasteiger charge is -2.42. The Labute approximate surface area is 120 Å². The summed E-state index contributed by atoms with van der Waals surface area (Å²) in [5, 5.41) is 8.77. The highest BCUT2D eigenvalue weighted by Gasteiger charge is 2.31. The molecule has 2 atom stereocenters. The number of carboxylic acid groups (broad SMARTS) is 1. The van der Waals surface area contributed by atoms with Gasteiger partial charge in [-0.3, -0.25) is 9.69 Å². The molecule has 0 spiro atoms. The van der Waals surface area contributed by atoms with Gasteiger partial charge in [-0.15, -0.1) is 0 Å². The van der Waals surface area contributed by atoms with Crippen molar-refractivity contribution in [1.29, 1.82) is 0 Å². The molecule has 2 saturated heterocycles. The van der Waals surface area contributed by atoms with Crippen LogP contribution in [0.2, 0.25) is 0 Å². The van der Waals surface area contributed by atoms with E-state index < -0.39 is 5.97 Å². The number of piperidine rings is 1. The quantitative estimate of drug-likeness (QED) is 0.819. The lowest BCUT2D eigenvalue weighted by molar-refractivity contribution is -0.138. The number of rotatable bonds is 2. The third-order valence-electron chi connectivity index (χ3n) is 4.39. The summed E-state index contributed by atoms with van der Waals surface area (Å²) < 4.78 is 0. The number of piperazine rings is 1. The van der Waals surface area contributed by atoms with Crippen molar-refractivity contribution in [1.82, 2.24) is 14.7 Å². The fourth-order valence-corrected chi connectivity index (χ4v) is 3.16. The summed E-state index contributed by atoms with van der Waals surface area (Å²) in [4.78, 5) is 28.9. The second-order valence-electron chi connectivity index (χ2n) is 6.11. The lowest BCUT2D eigenvalue weighted by atomic mass is 9.94. The zero-order valence-corrected chi connectivity index (χ0v) is 12.4. The molecular weight excluding hydrogens is 258 g/mol. The standard InChI is InChI=1S/C14H25N3O3/c1-11-3-4-17(12(2)9-11)14(20)16-7-5-15(6-8-16)10-13(18)19/h11-12H,3-10H2,1-2H3,(H,18,19). The highest BCUT2D eigenvalue weighted by atomic mass is 16.4. The summed E-state index contributed by atoms with van der Waals surface area (Å²) in [5.41, 5.74) is 0. The Balaban J connectivity index is 1.84. The van der Waals surface area contributed by atoms with E-state index in [1.165, 1.54) is 0 Å². The molecule has 2 unspecified atom stereocenters. The summed E-state index contributed by atoms with van der Waals surface area (Å²) in [5.74, 6) is -0.107. The molecule has 2 aliphatic rings. The lowest BCUT2D eigenvalue weighted by Crippen LogP contribution is -2.56. The van der Waals surface area contributed by atoms with E-state index in [4.69, 9.17) is 5.11 Å². The van der Waals surface area contributed by atoms with Crippen molar-refractivity contribution in [2.75, 3.05) is 39.3 Å². The SMILES string of the molecule is CC1CCN(C(=O)N2CCN(CC(=O)O)CC2)C(C)C1. The number of hydrogen-bond donors (Lipinski definition) is 1. The fraction of sp³-hybridized carbons (Fsp3) is 0.857. The molecule has 6 heteroatoms. The number of carbonyl (C=O) groups excluding carboxylic acids is 1. The van der Waals surface area contributed by atoms with Crippen LogP contribution in [0.5, 0.6) is 0 Å². The second-order valence-corrected chi connectivity index (χ2v) is 6.11. The van der Waals surface area contributed by atoms with E-state index in [0.29, 0.717) is 38.1 Å². The van der Waals surface area contributed by atoms with Crippen LogP contribution < -0.4 is 0 Å². The van der Waals surface area contributed by atoms with Crippen LogP contribution in [0, 0.1) is 5.92 Å². The van der Waals surface area contributed by atoms with E-state index in [2.05, 4.69) is 13.8 Å². The minimum atomic E-state index is -0.802. The third kappa shape index (κ3) is 3.62. The van der Waals surface area contributed by atoms with Gasteiger partial charge in [-0.2, -0.15) is 0 Å². The van der Waals surface area contributed by atoms with Crippen molar-refractivity contribution in [3.05, 3.63) is 0 Å². The Kier molecular flexibility index (Phi) is 4.86. The molecule has 0 aromatic heterocycles. The van der Waals surface area contributed by atoms with Crippen LogP contribution in [0.4, 0.5) is 4.79 Å². The van der Waals surface area contributed by atoms with E-state index in [-0.39, 0.29) is 12.6 Å². The van der Waals surface area contributed by atoms with Gasteiger partial charge in [0, 0.05) is 38.8 Å². The molecule has 0 aromatic rings. The largest absolute Gasteiger partial charge is 0.480 e. The first-order valence-corrected chi connectivity index (χ1v) is 7.47. The smallest absolute Gasteiger partial charge is 0.320 e. The molecule has 2 amide bonds. The topological polar surface area (TPSA) is 64.1 Å². The van der Waals surface area contributed by atoms with Gasteiger partial charge in [-0.1, -0.05) is 6.92 Å². The summed E-state index contributed by atoms with van der Waals surface area (Å²) in [6.07, 6.45) is 2.15. The molecule has 1 N–H and O–H groups in total. The maximum atomic E-state index is 12.5. The van der Waals surface area contributed by atoms with Gasteiger partial charge in [0.2, 0.25) is 0 Å². The van der Waals surface area contributed by atoms with Crippen molar-refractivity contribution in [2.45, 2.75) is 32.7 Å². The van der Waals surface area contributed by atoms with Crippen molar-refractivity contribution in [3.63, 3.8) is 0 Å². The maximum Gasteiger partial charge on any atom is 0.320 e. The van der Waals surface area contributed by atoms with Gasteiger partial charge >= 0.3 is 12.0 Å². The van der Waals surface area contributed by atoms with Crippen LogP contribution in [0.3, 0.4) is 0 Å². The number of likely N-dealkylation sites (tertiary alicyclic amines) is 1. The van der Waals surface area contributed by atoms with Crippen molar-refractivity contribution in [2.24, 2.45) is 5.92 Å². The number of hydrogen-bond acceptors (Lipinski definition) is 3. The van der Waals surface area contributed by atoms with Crippen LogP contribution in [0.25, 0.3) is 0 Å². The molecule has 114 valence electrons. The molecular formula is C14H25N3O3. The van der Waals surface area contributed by atoms with E-state index in [1.807, 2.05) is 14.7 Å². The maximum absolute atomic E-state index is 12.5. The molecule has 2 heterocycles. The van der Waals surface area contributed by atoms with E-state index in [1.54, 1.807) is 0 Å². The van der Waals surface area contributed by atoms with Crippen LogP contribution >= 0.6 is 0 Å². The minimum absolute atomic E-state index is 0.0691. The molecule has 2 rings (SSSR count). The van der Waals surface area contributed by atoms with Gasteiger partial charge < -0.3 is 14.9 Å². The third-order valence-corrected chi connectivity index (χ3v) is 4.39. The molecule has 2 aliphatic heterocycles. The van der Waals surface area contributed by atoms with Crippen molar-refractivity contribution < 1.29 is 14.7 Å². The van der Waals surface area contributed by atoms with E-state index in [0.717, 1.165) is 19.4 Å². The number of carboxylic acids is 1. The van der Waals surface area contributed by atoms with E-state index in [9.17, 15) is 9.59 Å². The number of nitrogens with zero attached hydrogens (tertiary/aromatic N) is 3. The molecule has 20 heavy (non-hydrogen) atoms. The molecule has 0 saturated carbocycles. The Morgan fingerprint density at radius 3 is 2.30 bits per heavy atom. The summed E-state index contributed by atoms with van der Waals surface area (Å²) in [6, 6.07) is 0.433. The van der Waals surface area contributed by atoms with Gasteiger partial charge in [0.05, 0.1) is 6.54 Å². The number of urea groups is 1. The summed E-state index contributed by atoms with van der Waals surface area (Å²) in [6.45, 7) is 7.83. The van der Waals surface area contributed by atoms with Crippen LogP contribution in [-0.4, -0.2) is 77.1 Å². The summed E-state index contributed by atoms with van der Waals surface area (Å²) in [7, 11) is 0. The number of aliphatic carboxylic acids is 1. The van der Waals surface area contributed by atoms with Gasteiger partial charge in [-0.25, -0.2) is 4.79 Å². The zero-order chi connectivity index (χ0) is 14.7. The first-order chi connectivity index (χ1) is 9.47. The predicted octanol–water partition coefficient (Wildman–Crippen LogP) is 0.929. The summed E-state index contributed by atoms with van der Waals surface area (Å²) >= 11 is 0. The first-order valence-electron chi connectivity index (χ1n) is 7.47. The number of carbonyl (C=O) groups is 2. The Morgan fingerprint density at radius 1 is 1.10 bits per heavy atom. The van der Waals surface area contributed by atoms with Crippen LogP contribution in [0.1, 0.15) is 26.7 Å². The van der Waals surface area contributed by atoms with Gasteiger partial charge in [-0.05, 0) is 25.7 Å². The second kappa shape index (κ2) is 6.43. The first kappa shape index (κ1) is 15.1. The Hall–Kier alpha value is -1.30. The Morgan fingerprint density at radius 2 is 1.75 bits per heavy atom. The Bertz CT molecular complexity index is 367. The van der Waals surface area contributed by atoms with Gasteiger partial charge in [0.1, 0.15) is 0 Å². The average molecular weight is 283 g/mol. The minimum Gasteiger partial charge on any atom is -0.480 e. The molecule has 0 aliphatic carbocycles. The molecule has 6 nitrogen and oxygen atoms in total. The highest BCUT2D eigenvalue weighted by Crippen LogP contribution is 2.23. The van der Waals surface area contributed by atoms with Crippen LogP contribution in [-0.2, 0) is 4.79 Å². The molecule has 0 bridgehead atoms. The fourth-order valence-electron chi connectivity index (χ4n) is 3.16. The number of amides is 2. The van der Waals surface area contributed by atoms with Crippen molar-refractivity contribution in [3.8, 4) is 0 Å². The predicted molar refractivity (Wildman–Crippen MR) is 75.6 cm³/mol. The molecule has 2 fully saturated rings. The average Bonchev–Trinajstić information content (AvgIpc) is 2.38. The zero-order valence-electron chi connectivity index (χ0n) is 12.4. The molecule has 0 radical (unpaired) electrons. The van der Waals surface area contributed by atoms with E-state index >= 15 is 0 Å².